The molecule has 0 saturated carbocycles. The van der Waals surface area contributed by atoms with Gasteiger partial charge < -0.3 is 28.4 Å². The van der Waals surface area contributed by atoms with Crippen molar-refractivity contribution in [2.45, 2.75) is 37.8 Å². The van der Waals surface area contributed by atoms with E-state index in [1.165, 1.54) is 26.4 Å². The molecule has 0 aliphatic rings. The topological polar surface area (TPSA) is 124 Å². The number of benzene rings is 1. The first-order valence-corrected chi connectivity index (χ1v) is 10.3. The van der Waals surface area contributed by atoms with Crippen molar-refractivity contribution in [2.24, 2.45) is 0 Å². The van der Waals surface area contributed by atoms with Gasteiger partial charge in [-0.25, -0.2) is 19.2 Å². The van der Waals surface area contributed by atoms with E-state index in [0.29, 0.717) is 11.1 Å². The van der Waals surface area contributed by atoms with Crippen LogP contribution in [0.4, 0.5) is 0 Å². The van der Waals surface area contributed by atoms with E-state index in [9.17, 15) is 19.2 Å². The van der Waals surface area contributed by atoms with Crippen molar-refractivity contribution in [2.75, 3.05) is 27.4 Å². The van der Waals surface area contributed by atoms with E-state index < -0.39 is 34.6 Å². The largest absolute Gasteiger partial charge is 0.496 e. The molecule has 0 spiro atoms. The quantitative estimate of drug-likeness (QED) is 0.184. The molecular formula is C20H24Cl2O10. The summed E-state index contributed by atoms with van der Waals surface area (Å²) in [6, 6.07) is 2.98. The third-order valence-electron chi connectivity index (χ3n) is 3.82. The standard InChI is InChI=1S/C20H24Cl2O10/c1-5-29-17(23)15(21)19(25)31-9-11-7-14(28-4)12(8-13(11)27-3)10-32-20(26)16(22)18(24)30-6-2/h7-8,15-16H,5-6,9-10H2,1-4H3. The zero-order valence-electron chi connectivity index (χ0n) is 18.0. The third kappa shape index (κ3) is 7.76. The summed E-state index contributed by atoms with van der Waals surface area (Å²) in [5.41, 5.74) is 0.782. The maximum atomic E-state index is 12.0. The minimum atomic E-state index is -1.61. The summed E-state index contributed by atoms with van der Waals surface area (Å²) >= 11 is 11.5. The van der Waals surface area contributed by atoms with Crippen LogP contribution in [0.1, 0.15) is 25.0 Å². The Morgan fingerprint density at radius 2 is 1.00 bits per heavy atom. The first-order chi connectivity index (χ1) is 15.2. The molecule has 2 unspecified atom stereocenters. The van der Waals surface area contributed by atoms with Crippen LogP contribution in [0.15, 0.2) is 12.1 Å². The lowest BCUT2D eigenvalue weighted by molar-refractivity contribution is -0.156. The Morgan fingerprint density at radius 3 is 1.28 bits per heavy atom. The molecule has 0 saturated heterocycles. The van der Waals surface area contributed by atoms with E-state index in [2.05, 4.69) is 9.47 Å². The summed E-state index contributed by atoms with van der Waals surface area (Å²) < 4.78 is 30.0. The molecule has 32 heavy (non-hydrogen) atoms. The van der Waals surface area contributed by atoms with Gasteiger partial charge in [0.25, 0.3) is 0 Å². The van der Waals surface area contributed by atoms with Gasteiger partial charge in [-0.15, -0.1) is 0 Å². The van der Waals surface area contributed by atoms with Crippen molar-refractivity contribution in [3.63, 3.8) is 0 Å². The fourth-order valence-electron chi connectivity index (χ4n) is 2.32. The number of hydrogen-bond acceptors (Lipinski definition) is 10. The van der Waals surface area contributed by atoms with Crippen LogP contribution in [0, 0.1) is 0 Å². The number of methoxy groups -OCH3 is 2. The minimum absolute atomic E-state index is 0.0661. The van der Waals surface area contributed by atoms with Crippen molar-refractivity contribution >= 4 is 47.1 Å². The second kappa shape index (κ2) is 13.6. The Labute approximate surface area is 194 Å². The summed E-state index contributed by atoms with van der Waals surface area (Å²) in [4.78, 5) is 47.0. The van der Waals surface area contributed by atoms with Crippen molar-refractivity contribution in [1.82, 2.24) is 0 Å². The van der Waals surface area contributed by atoms with E-state index in [4.69, 9.17) is 42.1 Å². The van der Waals surface area contributed by atoms with Crippen molar-refractivity contribution in [3.05, 3.63) is 23.3 Å². The van der Waals surface area contributed by atoms with Gasteiger partial charge in [-0.1, -0.05) is 23.2 Å². The van der Waals surface area contributed by atoms with Crippen LogP contribution in [-0.4, -0.2) is 62.1 Å². The van der Waals surface area contributed by atoms with Gasteiger partial charge in [0.05, 0.1) is 27.4 Å². The predicted molar refractivity (Wildman–Crippen MR) is 112 cm³/mol. The average molecular weight is 495 g/mol. The van der Waals surface area contributed by atoms with Gasteiger partial charge in [0.2, 0.25) is 10.8 Å². The molecule has 1 aromatic carbocycles. The molecule has 0 aromatic heterocycles. The molecule has 0 aliphatic carbocycles. The van der Waals surface area contributed by atoms with Crippen LogP contribution >= 0.6 is 23.2 Å². The van der Waals surface area contributed by atoms with Crippen molar-refractivity contribution in [1.29, 1.82) is 0 Å². The highest BCUT2D eigenvalue weighted by Gasteiger charge is 2.29. The van der Waals surface area contributed by atoms with Crippen molar-refractivity contribution < 1.29 is 47.6 Å². The van der Waals surface area contributed by atoms with Crippen LogP contribution in [0.3, 0.4) is 0 Å². The molecule has 0 bridgehead atoms. The van der Waals surface area contributed by atoms with Crippen LogP contribution in [0.25, 0.3) is 0 Å². The molecule has 2 atom stereocenters. The second-order valence-corrected chi connectivity index (χ2v) is 6.79. The number of halogens is 2. The van der Waals surface area contributed by atoms with Gasteiger partial charge in [0.15, 0.2) is 0 Å². The first kappa shape index (κ1) is 27.3. The Balaban J connectivity index is 2.90. The summed E-state index contributed by atoms with van der Waals surface area (Å²) in [5, 5.41) is -3.21. The molecule has 0 N–H and O–H groups in total. The fourth-order valence-corrected chi connectivity index (χ4v) is 2.57. The molecule has 178 valence electrons. The Hall–Kier alpha value is -2.72. The van der Waals surface area contributed by atoms with E-state index >= 15 is 0 Å². The SMILES string of the molecule is CCOC(=O)C(Cl)C(=O)OCc1cc(OC)c(COC(=O)C(Cl)C(=O)OCC)cc1OC. The number of carbonyl (C=O) groups is 4. The molecule has 0 aliphatic heterocycles. The van der Waals surface area contributed by atoms with E-state index in [1.54, 1.807) is 13.8 Å². The first-order valence-electron chi connectivity index (χ1n) is 9.38. The molecule has 0 amide bonds. The number of alkyl halides is 2. The fraction of sp³-hybridized carbons (Fsp3) is 0.500. The number of carbonyl (C=O) groups excluding carboxylic acids is 4. The summed E-state index contributed by atoms with van der Waals surface area (Å²) in [6.45, 7) is 2.72. The number of rotatable bonds is 12. The average Bonchev–Trinajstić information content (AvgIpc) is 2.79. The lowest BCUT2D eigenvalue weighted by Gasteiger charge is -2.16. The smallest absolute Gasteiger partial charge is 0.336 e. The zero-order valence-corrected chi connectivity index (χ0v) is 19.5. The van der Waals surface area contributed by atoms with Gasteiger partial charge in [0, 0.05) is 11.1 Å². The van der Waals surface area contributed by atoms with Gasteiger partial charge >= 0.3 is 23.9 Å². The Morgan fingerprint density at radius 1 is 0.688 bits per heavy atom. The van der Waals surface area contributed by atoms with Gasteiger partial charge in [0.1, 0.15) is 24.7 Å². The number of ether oxygens (including phenoxy) is 6. The van der Waals surface area contributed by atoms with E-state index in [1.807, 2.05) is 0 Å². The monoisotopic (exact) mass is 494 g/mol. The minimum Gasteiger partial charge on any atom is -0.496 e. The normalized spacial score (nSPS) is 12.2. The molecule has 0 radical (unpaired) electrons. The van der Waals surface area contributed by atoms with Gasteiger partial charge in [-0.05, 0) is 26.0 Å². The van der Waals surface area contributed by atoms with Crippen LogP contribution in [-0.2, 0) is 51.3 Å². The molecule has 0 heterocycles. The Bertz CT molecular complexity index is 759. The number of hydrogen-bond donors (Lipinski definition) is 0. The summed E-state index contributed by atoms with van der Waals surface area (Å²) in [6.07, 6.45) is 0. The van der Waals surface area contributed by atoms with E-state index in [0.717, 1.165) is 0 Å². The lowest BCUT2D eigenvalue weighted by atomic mass is 10.1. The molecule has 1 rings (SSSR count). The molecule has 0 fully saturated rings. The highest BCUT2D eigenvalue weighted by Crippen LogP contribution is 2.30. The summed E-state index contributed by atoms with van der Waals surface area (Å²) in [7, 11) is 2.75. The van der Waals surface area contributed by atoms with Crippen molar-refractivity contribution in [3.8, 4) is 11.5 Å². The highest BCUT2D eigenvalue weighted by atomic mass is 35.5. The predicted octanol–water partition coefficient (Wildman–Crippen LogP) is 2.13. The zero-order chi connectivity index (χ0) is 24.3. The van der Waals surface area contributed by atoms with Crippen LogP contribution in [0.2, 0.25) is 0 Å². The highest BCUT2D eigenvalue weighted by molar-refractivity contribution is 6.40. The van der Waals surface area contributed by atoms with Gasteiger partial charge in [-0.2, -0.15) is 0 Å². The second-order valence-electron chi connectivity index (χ2n) is 5.92. The molecule has 1 aromatic rings. The Kier molecular flexibility index (Phi) is 11.6. The maximum Gasteiger partial charge on any atom is 0.336 e. The van der Waals surface area contributed by atoms with Crippen LogP contribution in [0.5, 0.6) is 11.5 Å². The maximum absolute atomic E-state index is 12.0. The number of esters is 4. The molecule has 12 heteroatoms. The van der Waals surface area contributed by atoms with E-state index in [-0.39, 0.29) is 37.9 Å². The molecule has 10 nitrogen and oxygen atoms in total. The summed E-state index contributed by atoms with van der Waals surface area (Å²) in [5.74, 6) is -3.26. The lowest BCUT2D eigenvalue weighted by Crippen LogP contribution is -2.28. The van der Waals surface area contributed by atoms with Gasteiger partial charge in [-0.3, -0.25) is 0 Å². The third-order valence-corrected chi connectivity index (χ3v) is 4.54. The molecular weight excluding hydrogens is 471 g/mol. The van der Waals surface area contributed by atoms with Crippen LogP contribution < -0.4 is 9.47 Å².